The number of nitrogens with zero attached hydrogens (tertiary/aromatic N) is 1. The van der Waals surface area contributed by atoms with Crippen LogP contribution in [-0.2, 0) is 11.4 Å². The zero-order chi connectivity index (χ0) is 17.1. The molecule has 0 spiro atoms. The maximum Gasteiger partial charge on any atom is 0.181 e. The Bertz CT molecular complexity index is 724. The summed E-state index contributed by atoms with van der Waals surface area (Å²) in [6.07, 6.45) is 1.07. The zero-order valence-electron chi connectivity index (χ0n) is 15.1. The van der Waals surface area contributed by atoms with Crippen LogP contribution in [0, 0.1) is 27.7 Å². The van der Waals surface area contributed by atoms with Crippen LogP contribution in [0.2, 0.25) is 0 Å². The number of hydrogen-bond acceptors (Lipinski definition) is 2. The summed E-state index contributed by atoms with van der Waals surface area (Å²) in [6, 6.07) is 13.3. The Hall–Kier alpha value is -2.13. The highest BCUT2D eigenvalue weighted by molar-refractivity contribution is 6.01. The number of rotatable bonds is 5. The number of hydrogen-bond donors (Lipinski definition) is 1. The molecule has 126 valence electrons. The van der Waals surface area contributed by atoms with Gasteiger partial charge in [0.1, 0.15) is 13.1 Å². The molecule has 2 aromatic carbocycles. The van der Waals surface area contributed by atoms with Crippen LogP contribution < -0.4 is 5.32 Å². The van der Waals surface area contributed by atoms with Gasteiger partial charge in [-0.3, -0.25) is 0 Å². The maximum atomic E-state index is 5.64. The van der Waals surface area contributed by atoms with Gasteiger partial charge in [0, 0.05) is 12.0 Å². The van der Waals surface area contributed by atoms with Crippen LogP contribution in [-0.4, -0.2) is 18.4 Å². The lowest BCUT2D eigenvalue weighted by molar-refractivity contribution is -0.676. The number of quaternary nitrogens is 1. The molecule has 0 aliphatic carbocycles. The highest BCUT2D eigenvalue weighted by Gasteiger charge is 2.23. The zero-order valence-corrected chi connectivity index (χ0v) is 15.1. The minimum absolute atomic E-state index is 0.173. The first kappa shape index (κ1) is 16.7. The Morgan fingerprint density at radius 1 is 0.917 bits per heavy atom. The smallest absolute Gasteiger partial charge is 0.181 e. The minimum atomic E-state index is 0.173. The standard InChI is InChI=1S/C21H26N2O/c1-14-5-15(2)8-18(7-14)12-22-13-20-11-21(23-24-20)19-9-16(3)6-17(4)10-19/h5-10,20,22H,11-13H2,1-4H3/p+1/t20-/m1/s1. The predicted molar refractivity (Wildman–Crippen MR) is 98.4 cm³/mol. The molecule has 0 saturated heterocycles. The molecular formula is C21H27N2O+. The minimum Gasteiger partial charge on any atom is -0.386 e. The topological polar surface area (TPSA) is 38.2 Å². The predicted octanol–water partition coefficient (Wildman–Crippen LogP) is 3.18. The average molecular weight is 323 g/mol. The van der Waals surface area contributed by atoms with E-state index in [0.717, 1.165) is 25.2 Å². The second-order valence-electron chi connectivity index (χ2n) is 7.07. The van der Waals surface area contributed by atoms with Crippen molar-refractivity contribution in [3.05, 3.63) is 69.8 Å². The lowest BCUT2D eigenvalue weighted by Gasteiger charge is -2.08. The summed E-state index contributed by atoms with van der Waals surface area (Å²) in [6.45, 7) is 10.5. The van der Waals surface area contributed by atoms with Crippen LogP contribution in [0.15, 0.2) is 41.6 Å². The molecule has 3 rings (SSSR count). The molecule has 24 heavy (non-hydrogen) atoms. The SMILES string of the molecule is Cc1cc(C)cc(C[NH2+]C[C@H]2CC(c3cc(C)cc(C)c3)=NO2)c1. The lowest BCUT2D eigenvalue weighted by atomic mass is 10.0. The molecule has 0 bridgehead atoms. The first-order chi connectivity index (χ1) is 11.5. The van der Waals surface area contributed by atoms with Crippen molar-refractivity contribution < 1.29 is 10.2 Å². The van der Waals surface area contributed by atoms with E-state index in [-0.39, 0.29) is 6.10 Å². The van der Waals surface area contributed by atoms with Crippen molar-refractivity contribution in [2.24, 2.45) is 5.16 Å². The Morgan fingerprint density at radius 3 is 2.12 bits per heavy atom. The third-order valence-electron chi connectivity index (χ3n) is 4.38. The van der Waals surface area contributed by atoms with Gasteiger partial charge < -0.3 is 10.2 Å². The van der Waals surface area contributed by atoms with E-state index in [0.29, 0.717) is 0 Å². The van der Waals surface area contributed by atoms with Crippen LogP contribution in [0.3, 0.4) is 0 Å². The molecule has 1 heterocycles. The molecule has 1 atom stereocenters. The van der Waals surface area contributed by atoms with Crippen molar-refractivity contribution in [3.8, 4) is 0 Å². The van der Waals surface area contributed by atoms with E-state index in [1.807, 2.05) is 0 Å². The third-order valence-corrected chi connectivity index (χ3v) is 4.38. The van der Waals surface area contributed by atoms with Crippen LogP contribution in [0.1, 0.15) is 39.8 Å². The number of benzene rings is 2. The van der Waals surface area contributed by atoms with E-state index in [2.05, 4.69) is 74.6 Å². The van der Waals surface area contributed by atoms with Crippen molar-refractivity contribution in [2.45, 2.75) is 46.8 Å². The molecule has 0 aromatic heterocycles. The van der Waals surface area contributed by atoms with Crippen LogP contribution in [0.25, 0.3) is 0 Å². The monoisotopic (exact) mass is 323 g/mol. The van der Waals surface area contributed by atoms with Gasteiger partial charge >= 0.3 is 0 Å². The molecular weight excluding hydrogens is 296 g/mol. The van der Waals surface area contributed by atoms with Gasteiger partial charge in [-0.15, -0.1) is 0 Å². The fourth-order valence-corrected chi connectivity index (χ4v) is 3.49. The summed E-state index contributed by atoms with van der Waals surface area (Å²) in [4.78, 5) is 5.64. The highest BCUT2D eigenvalue weighted by atomic mass is 16.6. The van der Waals surface area contributed by atoms with Gasteiger partial charge in [0.2, 0.25) is 0 Å². The molecule has 1 aliphatic heterocycles. The first-order valence-corrected chi connectivity index (χ1v) is 8.70. The van der Waals surface area contributed by atoms with E-state index in [1.54, 1.807) is 0 Å². The second kappa shape index (κ2) is 7.18. The van der Waals surface area contributed by atoms with Gasteiger partial charge in [-0.2, -0.15) is 0 Å². The van der Waals surface area contributed by atoms with Crippen molar-refractivity contribution in [2.75, 3.05) is 6.54 Å². The number of oxime groups is 1. The van der Waals surface area contributed by atoms with Gasteiger partial charge in [-0.1, -0.05) is 63.8 Å². The van der Waals surface area contributed by atoms with Crippen LogP contribution >= 0.6 is 0 Å². The molecule has 1 aliphatic rings. The second-order valence-corrected chi connectivity index (χ2v) is 7.07. The van der Waals surface area contributed by atoms with Crippen LogP contribution in [0.5, 0.6) is 0 Å². The summed E-state index contributed by atoms with van der Waals surface area (Å²) < 4.78 is 0. The quantitative estimate of drug-likeness (QED) is 0.902. The molecule has 2 aromatic rings. The van der Waals surface area contributed by atoms with Gasteiger partial charge in [-0.25, -0.2) is 0 Å². The van der Waals surface area contributed by atoms with Crippen molar-refractivity contribution >= 4 is 5.71 Å². The highest BCUT2D eigenvalue weighted by Crippen LogP contribution is 2.18. The van der Waals surface area contributed by atoms with Gasteiger partial charge in [-0.05, 0) is 33.3 Å². The number of nitrogens with two attached hydrogens (primary N) is 1. The lowest BCUT2D eigenvalue weighted by Crippen LogP contribution is -2.84. The number of aryl methyl sites for hydroxylation is 4. The molecule has 0 amide bonds. The van der Waals surface area contributed by atoms with Gasteiger partial charge in [0.15, 0.2) is 6.10 Å². The van der Waals surface area contributed by atoms with Crippen molar-refractivity contribution in [3.63, 3.8) is 0 Å². The van der Waals surface area contributed by atoms with Crippen molar-refractivity contribution in [1.82, 2.24) is 0 Å². The fourth-order valence-electron chi connectivity index (χ4n) is 3.49. The largest absolute Gasteiger partial charge is 0.386 e. The Labute approximate surface area is 144 Å². The van der Waals surface area contributed by atoms with E-state index >= 15 is 0 Å². The Morgan fingerprint density at radius 2 is 1.50 bits per heavy atom. The van der Waals surface area contributed by atoms with E-state index in [1.165, 1.54) is 33.4 Å². The average Bonchev–Trinajstić information content (AvgIpc) is 2.94. The maximum absolute atomic E-state index is 5.64. The first-order valence-electron chi connectivity index (χ1n) is 8.70. The summed E-state index contributed by atoms with van der Waals surface area (Å²) >= 11 is 0. The molecule has 0 saturated carbocycles. The molecule has 2 N–H and O–H groups in total. The summed E-state index contributed by atoms with van der Waals surface area (Å²) in [7, 11) is 0. The summed E-state index contributed by atoms with van der Waals surface area (Å²) in [5, 5.41) is 6.64. The van der Waals surface area contributed by atoms with E-state index in [9.17, 15) is 0 Å². The van der Waals surface area contributed by atoms with Crippen LogP contribution in [0.4, 0.5) is 0 Å². The summed E-state index contributed by atoms with van der Waals surface area (Å²) in [5.74, 6) is 0. The fraction of sp³-hybridized carbons (Fsp3) is 0.381. The molecule has 0 fully saturated rings. The molecule has 0 unspecified atom stereocenters. The molecule has 0 radical (unpaired) electrons. The summed E-state index contributed by atoms with van der Waals surface area (Å²) in [5.41, 5.74) is 8.86. The molecule has 3 heteroatoms. The Balaban J connectivity index is 1.52. The van der Waals surface area contributed by atoms with E-state index < -0.39 is 0 Å². The third kappa shape index (κ3) is 4.24. The Kier molecular flexibility index (Phi) is 5.00. The van der Waals surface area contributed by atoms with Gasteiger partial charge in [0.05, 0.1) is 5.71 Å². The van der Waals surface area contributed by atoms with Gasteiger partial charge in [0.25, 0.3) is 0 Å². The molecule has 3 nitrogen and oxygen atoms in total. The van der Waals surface area contributed by atoms with E-state index in [4.69, 9.17) is 4.84 Å². The van der Waals surface area contributed by atoms with Crippen molar-refractivity contribution in [1.29, 1.82) is 0 Å². The normalized spacial score (nSPS) is 16.8.